The third kappa shape index (κ3) is 5.49. The second-order valence-corrected chi connectivity index (χ2v) is 7.60. The number of halogens is 6. The number of nitrogens with one attached hydrogen (secondary N) is 3. The van der Waals surface area contributed by atoms with E-state index in [1.807, 2.05) is 4.72 Å². The lowest BCUT2D eigenvalue weighted by atomic mass is 10.1. The summed E-state index contributed by atoms with van der Waals surface area (Å²) in [6.07, 6.45) is -11.6. The first kappa shape index (κ1) is 25.0. The van der Waals surface area contributed by atoms with Crippen LogP contribution in [0.25, 0.3) is 0 Å². The van der Waals surface area contributed by atoms with Gasteiger partial charge >= 0.3 is 24.1 Å². The van der Waals surface area contributed by atoms with Gasteiger partial charge in [-0.2, -0.15) is 26.3 Å². The summed E-state index contributed by atoms with van der Waals surface area (Å²) < 4.78 is 112. The summed E-state index contributed by atoms with van der Waals surface area (Å²) >= 11 is 0. The summed E-state index contributed by atoms with van der Waals surface area (Å²) in [5.74, 6) is -0.304. The predicted molar refractivity (Wildman–Crippen MR) is 97.9 cm³/mol. The van der Waals surface area contributed by atoms with Crippen molar-refractivity contribution in [1.82, 2.24) is 15.3 Å². The van der Waals surface area contributed by atoms with Crippen LogP contribution < -0.4 is 15.4 Å². The van der Waals surface area contributed by atoms with Gasteiger partial charge in [0.15, 0.2) is 0 Å². The summed E-state index contributed by atoms with van der Waals surface area (Å²) in [5.41, 5.74) is -5.71. The Morgan fingerprint density at radius 2 is 1.53 bits per heavy atom. The van der Waals surface area contributed by atoms with Gasteiger partial charge in [-0.1, -0.05) is 0 Å². The van der Waals surface area contributed by atoms with E-state index in [0.717, 1.165) is 17.4 Å². The number of rotatable bonds is 7. The molecule has 2 aromatic rings. The molecule has 0 fully saturated rings. The highest BCUT2D eigenvalue weighted by Gasteiger charge is 2.73. The Morgan fingerprint density at radius 3 is 2.00 bits per heavy atom. The van der Waals surface area contributed by atoms with Gasteiger partial charge in [0.2, 0.25) is 5.95 Å². The van der Waals surface area contributed by atoms with Crippen molar-refractivity contribution in [3.05, 3.63) is 42.7 Å². The molecule has 16 heteroatoms. The minimum absolute atomic E-state index is 0.304. The normalized spacial score (nSPS) is 12.7. The lowest BCUT2D eigenvalue weighted by Gasteiger charge is -2.38. The van der Waals surface area contributed by atoms with Crippen LogP contribution in [0.3, 0.4) is 0 Å². The highest BCUT2D eigenvalue weighted by atomic mass is 32.2. The molecule has 32 heavy (non-hydrogen) atoms. The van der Waals surface area contributed by atoms with Crippen molar-refractivity contribution in [2.24, 2.45) is 0 Å². The number of alkyl carbamates (subject to hydrolysis) is 1. The molecule has 1 aromatic heterocycles. The largest absolute Gasteiger partial charge is 0.450 e. The van der Waals surface area contributed by atoms with Gasteiger partial charge in [-0.3, -0.25) is 5.32 Å². The molecule has 0 aliphatic carbocycles. The number of carbonyl (C=O) groups excluding carboxylic acids is 1. The van der Waals surface area contributed by atoms with Crippen LogP contribution in [-0.2, 0) is 14.8 Å². The number of alkyl halides is 6. The summed E-state index contributed by atoms with van der Waals surface area (Å²) in [7, 11) is -4.29. The molecule has 0 spiro atoms. The van der Waals surface area contributed by atoms with Crippen molar-refractivity contribution in [3.8, 4) is 0 Å². The zero-order valence-electron chi connectivity index (χ0n) is 16.0. The number of benzene rings is 1. The van der Waals surface area contributed by atoms with Gasteiger partial charge in [0.25, 0.3) is 10.0 Å². The Morgan fingerprint density at radius 1 is 1.00 bits per heavy atom. The summed E-state index contributed by atoms with van der Waals surface area (Å²) in [6, 6.07) is 4.21. The summed E-state index contributed by atoms with van der Waals surface area (Å²) in [5, 5.41) is 1.96. The maximum absolute atomic E-state index is 13.5. The Balaban J connectivity index is 2.37. The molecule has 2 rings (SSSR count). The van der Waals surface area contributed by atoms with E-state index in [1.54, 1.807) is 0 Å². The number of hydrogen-bond donors (Lipinski definition) is 3. The van der Waals surface area contributed by atoms with Gasteiger partial charge in [0.1, 0.15) is 0 Å². The molecule has 1 amide bonds. The molecule has 0 radical (unpaired) electrons. The van der Waals surface area contributed by atoms with Gasteiger partial charge in [0, 0.05) is 18.1 Å². The fraction of sp³-hybridized carbons (Fsp3) is 0.312. The first-order chi connectivity index (χ1) is 14.7. The maximum Gasteiger partial charge on any atom is 0.439 e. The minimum atomic E-state index is -6.06. The van der Waals surface area contributed by atoms with E-state index in [9.17, 15) is 39.6 Å². The lowest BCUT2D eigenvalue weighted by molar-refractivity contribution is -0.294. The van der Waals surface area contributed by atoms with E-state index >= 15 is 0 Å². The average molecular weight is 487 g/mol. The van der Waals surface area contributed by atoms with E-state index in [0.29, 0.717) is 12.1 Å². The number of ether oxygens (including phenoxy) is 1. The van der Waals surface area contributed by atoms with Crippen molar-refractivity contribution in [3.63, 3.8) is 0 Å². The summed E-state index contributed by atoms with van der Waals surface area (Å²) in [6.45, 7) is 0.700. The zero-order valence-corrected chi connectivity index (χ0v) is 16.8. The molecule has 176 valence electrons. The molecule has 0 saturated carbocycles. The van der Waals surface area contributed by atoms with Crippen LogP contribution in [-0.4, -0.2) is 49.1 Å². The minimum Gasteiger partial charge on any atom is -0.450 e. The topological polar surface area (TPSA) is 122 Å². The lowest BCUT2D eigenvalue weighted by Crippen LogP contribution is -2.72. The first-order valence-electron chi connectivity index (χ1n) is 8.48. The third-order valence-corrected chi connectivity index (χ3v) is 5.05. The summed E-state index contributed by atoms with van der Waals surface area (Å²) in [4.78, 5) is 18.2. The number of sulfonamides is 1. The Labute approximate surface area is 177 Å². The molecule has 0 aliphatic heterocycles. The predicted octanol–water partition coefficient (Wildman–Crippen LogP) is 3.26. The SMILES string of the molecule is CCOC(=O)NC(Nc1ccc(S(=O)(=O)Nc2ncccn2)cc1)(C(F)(F)F)C(F)(F)F. The molecule has 3 N–H and O–H groups in total. The van der Waals surface area contributed by atoms with Crippen molar-refractivity contribution < 1.29 is 44.3 Å². The van der Waals surface area contributed by atoms with E-state index in [2.05, 4.69) is 14.7 Å². The second kappa shape index (κ2) is 9.05. The molecule has 1 heterocycles. The average Bonchev–Trinajstić information content (AvgIpc) is 2.67. The van der Waals surface area contributed by atoms with Crippen LogP contribution in [0.5, 0.6) is 0 Å². The van der Waals surface area contributed by atoms with E-state index in [1.165, 1.54) is 30.7 Å². The molecule has 9 nitrogen and oxygen atoms in total. The molecule has 0 bridgehead atoms. The molecular formula is C16H15F6N5O4S. The Kier molecular flexibility index (Phi) is 7.06. The Hall–Kier alpha value is -3.30. The van der Waals surface area contributed by atoms with Crippen LogP contribution in [0.15, 0.2) is 47.6 Å². The van der Waals surface area contributed by atoms with Gasteiger partial charge in [-0.15, -0.1) is 0 Å². The number of amides is 1. The number of carbonyl (C=O) groups is 1. The quantitative estimate of drug-likeness (QED) is 0.405. The van der Waals surface area contributed by atoms with Gasteiger partial charge in [-0.05, 0) is 37.3 Å². The third-order valence-electron chi connectivity index (χ3n) is 3.70. The van der Waals surface area contributed by atoms with Crippen molar-refractivity contribution in [2.45, 2.75) is 29.8 Å². The fourth-order valence-corrected chi connectivity index (χ4v) is 3.22. The Bertz CT molecular complexity index is 1020. The molecule has 0 aliphatic rings. The number of aromatic nitrogens is 2. The molecular weight excluding hydrogens is 472 g/mol. The van der Waals surface area contributed by atoms with E-state index in [4.69, 9.17) is 0 Å². The zero-order chi connectivity index (χ0) is 24.2. The molecule has 0 saturated heterocycles. The number of nitrogens with zero attached hydrogens (tertiary/aromatic N) is 2. The molecule has 1 aromatic carbocycles. The fourth-order valence-electron chi connectivity index (χ4n) is 2.26. The van der Waals surface area contributed by atoms with Crippen molar-refractivity contribution >= 4 is 27.8 Å². The van der Waals surface area contributed by atoms with Gasteiger partial charge in [-0.25, -0.2) is 27.9 Å². The molecule has 0 unspecified atom stereocenters. The first-order valence-corrected chi connectivity index (χ1v) is 9.96. The van der Waals surface area contributed by atoms with Crippen LogP contribution in [0.2, 0.25) is 0 Å². The van der Waals surface area contributed by atoms with Gasteiger partial charge in [0.05, 0.1) is 11.5 Å². The maximum atomic E-state index is 13.5. The highest BCUT2D eigenvalue weighted by molar-refractivity contribution is 7.92. The monoisotopic (exact) mass is 487 g/mol. The van der Waals surface area contributed by atoms with Crippen molar-refractivity contribution in [1.29, 1.82) is 0 Å². The van der Waals surface area contributed by atoms with Crippen LogP contribution in [0.4, 0.5) is 42.8 Å². The van der Waals surface area contributed by atoms with Gasteiger partial charge < -0.3 is 10.1 Å². The highest BCUT2D eigenvalue weighted by Crippen LogP contribution is 2.43. The smallest absolute Gasteiger partial charge is 0.439 e. The number of hydrogen-bond acceptors (Lipinski definition) is 7. The van der Waals surface area contributed by atoms with Crippen LogP contribution in [0.1, 0.15) is 6.92 Å². The standard InChI is InChI=1S/C16H15F6N5O4S/c1-2-31-13(28)26-14(15(17,18)19,16(20,21)22)25-10-4-6-11(7-5-10)32(29,30)27-12-23-8-3-9-24-12/h3-9,25H,2H2,1H3,(H,26,28)(H,23,24,27). The van der Waals surface area contributed by atoms with Crippen molar-refractivity contribution in [2.75, 3.05) is 16.6 Å². The van der Waals surface area contributed by atoms with Crippen LogP contribution in [0, 0.1) is 0 Å². The van der Waals surface area contributed by atoms with E-state index < -0.39 is 51.3 Å². The second-order valence-electron chi connectivity index (χ2n) is 5.92. The van der Waals surface area contributed by atoms with E-state index in [-0.39, 0.29) is 5.95 Å². The number of anilines is 2. The molecule has 0 atom stereocenters. The van der Waals surface area contributed by atoms with Crippen LogP contribution >= 0.6 is 0 Å².